The van der Waals surface area contributed by atoms with Crippen molar-refractivity contribution in [3.63, 3.8) is 0 Å². The molecule has 2 aliphatic rings. The number of carbonyl (C=O) groups is 2. The van der Waals surface area contributed by atoms with Gasteiger partial charge >= 0.3 is 0 Å². The van der Waals surface area contributed by atoms with Crippen LogP contribution in [0.1, 0.15) is 12.5 Å². The number of aromatic nitrogens is 1. The molecule has 4 rings (SSSR count). The number of aliphatic hydroxyl groups excluding tert-OH is 1. The number of amides is 2. The number of benzene rings is 1. The van der Waals surface area contributed by atoms with Crippen molar-refractivity contribution < 1.29 is 14.7 Å². The van der Waals surface area contributed by atoms with E-state index in [2.05, 4.69) is 27.3 Å². The third kappa shape index (κ3) is 2.93. The minimum Gasteiger partial charge on any atom is -0.391 e. The SMILES string of the molecule is C[C@H](O)[C@H]1NC(=O)[C@H]2CN(Cc3cccc4ncccc34)CCN2C1=O. The first-order valence-corrected chi connectivity index (χ1v) is 8.88. The zero-order chi connectivity index (χ0) is 18.3. The Bertz CT molecular complexity index is 848. The molecular weight excluding hydrogens is 332 g/mol. The van der Waals surface area contributed by atoms with E-state index in [9.17, 15) is 14.7 Å². The Kier molecular flexibility index (Phi) is 4.34. The zero-order valence-electron chi connectivity index (χ0n) is 14.6. The highest BCUT2D eigenvalue weighted by Crippen LogP contribution is 2.22. The van der Waals surface area contributed by atoms with Crippen LogP contribution in [0.3, 0.4) is 0 Å². The first-order valence-electron chi connectivity index (χ1n) is 8.88. The average Bonchev–Trinajstić information content (AvgIpc) is 2.65. The third-order valence-corrected chi connectivity index (χ3v) is 5.23. The number of nitrogens with one attached hydrogen (secondary N) is 1. The van der Waals surface area contributed by atoms with E-state index in [1.807, 2.05) is 18.2 Å². The van der Waals surface area contributed by atoms with Gasteiger partial charge in [-0.05, 0) is 24.6 Å². The largest absolute Gasteiger partial charge is 0.391 e. The second-order valence-corrected chi connectivity index (χ2v) is 7.00. The number of aliphatic hydroxyl groups is 1. The number of fused-ring (bicyclic) bond motifs is 2. The number of carbonyl (C=O) groups excluding carboxylic acids is 2. The molecule has 0 aliphatic carbocycles. The first kappa shape index (κ1) is 16.9. The molecule has 1 aromatic carbocycles. The van der Waals surface area contributed by atoms with Crippen molar-refractivity contribution in [2.24, 2.45) is 0 Å². The minimum atomic E-state index is -0.895. The molecule has 2 aliphatic heterocycles. The van der Waals surface area contributed by atoms with Gasteiger partial charge in [0.05, 0.1) is 11.6 Å². The third-order valence-electron chi connectivity index (χ3n) is 5.23. The van der Waals surface area contributed by atoms with Crippen LogP contribution in [-0.2, 0) is 16.1 Å². The molecule has 0 bridgehead atoms. The number of piperazine rings is 2. The summed E-state index contributed by atoms with van der Waals surface area (Å²) in [5.41, 5.74) is 2.11. The fourth-order valence-electron chi connectivity index (χ4n) is 3.83. The molecular formula is C19H22N4O3. The monoisotopic (exact) mass is 354 g/mol. The van der Waals surface area contributed by atoms with Crippen LogP contribution in [0, 0.1) is 0 Å². The van der Waals surface area contributed by atoms with Gasteiger partial charge in [0.1, 0.15) is 12.1 Å². The second-order valence-electron chi connectivity index (χ2n) is 7.00. The summed E-state index contributed by atoms with van der Waals surface area (Å²) < 4.78 is 0. The molecule has 7 heteroatoms. The topological polar surface area (TPSA) is 85.8 Å². The molecule has 0 saturated carbocycles. The van der Waals surface area contributed by atoms with Crippen molar-refractivity contribution in [3.8, 4) is 0 Å². The molecule has 136 valence electrons. The molecule has 0 unspecified atom stereocenters. The van der Waals surface area contributed by atoms with Gasteiger partial charge in [-0.15, -0.1) is 0 Å². The van der Waals surface area contributed by atoms with E-state index in [0.717, 1.165) is 16.5 Å². The molecule has 26 heavy (non-hydrogen) atoms. The summed E-state index contributed by atoms with van der Waals surface area (Å²) in [6, 6.07) is 8.69. The summed E-state index contributed by atoms with van der Waals surface area (Å²) in [5, 5.41) is 13.5. The van der Waals surface area contributed by atoms with E-state index in [4.69, 9.17) is 0 Å². The number of hydrogen-bond acceptors (Lipinski definition) is 5. The quantitative estimate of drug-likeness (QED) is 0.818. The number of hydrogen-bond donors (Lipinski definition) is 2. The van der Waals surface area contributed by atoms with Crippen LogP contribution in [0.25, 0.3) is 10.9 Å². The molecule has 2 N–H and O–H groups in total. The lowest BCUT2D eigenvalue weighted by molar-refractivity contribution is -0.156. The van der Waals surface area contributed by atoms with Gasteiger partial charge in [0, 0.05) is 37.8 Å². The predicted molar refractivity (Wildman–Crippen MR) is 96.1 cm³/mol. The summed E-state index contributed by atoms with van der Waals surface area (Å²) >= 11 is 0. The highest BCUT2D eigenvalue weighted by molar-refractivity contribution is 5.97. The lowest BCUT2D eigenvalue weighted by Gasteiger charge is -2.45. The normalized spacial score (nSPS) is 25.1. The van der Waals surface area contributed by atoms with E-state index >= 15 is 0 Å². The molecule has 3 atom stereocenters. The Hall–Kier alpha value is -2.51. The Morgan fingerprint density at radius 3 is 2.92 bits per heavy atom. The van der Waals surface area contributed by atoms with Crippen molar-refractivity contribution >= 4 is 22.7 Å². The Morgan fingerprint density at radius 2 is 2.12 bits per heavy atom. The van der Waals surface area contributed by atoms with Gasteiger partial charge in [-0.3, -0.25) is 19.5 Å². The highest BCUT2D eigenvalue weighted by atomic mass is 16.3. The maximum atomic E-state index is 12.5. The van der Waals surface area contributed by atoms with Crippen molar-refractivity contribution in [2.75, 3.05) is 19.6 Å². The summed E-state index contributed by atoms with van der Waals surface area (Å²) in [7, 11) is 0. The summed E-state index contributed by atoms with van der Waals surface area (Å²) in [6.45, 7) is 3.89. The second kappa shape index (κ2) is 6.66. The molecule has 3 heterocycles. The average molecular weight is 354 g/mol. The molecule has 0 radical (unpaired) electrons. The molecule has 2 aromatic rings. The van der Waals surface area contributed by atoms with Gasteiger partial charge in [-0.25, -0.2) is 0 Å². The van der Waals surface area contributed by atoms with Gasteiger partial charge in [0.25, 0.3) is 0 Å². The van der Waals surface area contributed by atoms with Crippen LogP contribution in [0.5, 0.6) is 0 Å². The van der Waals surface area contributed by atoms with Crippen molar-refractivity contribution in [2.45, 2.75) is 31.7 Å². The standard InChI is InChI=1S/C19H22N4O3/c1-12(24)17-19(26)23-9-8-22(11-16(23)18(25)21-17)10-13-4-2-6-15-14(13)5-3-7-20-15/h2-7,12,16-17,24H,8-11H2,1H3,(H,21,25)/t12-,16+,17+/m0/s1. The van der Waals surface area contributed by atoms with E-state index < -0.39 is 18.2 Å². The van der Waals surface area contributed by atoms with Crippen LogP contribution < -0.4 is 5.32 Å². The van der Waals surface area contributed by atoms with Gasteiger partial charge in [0.15, 0.2) is 0 Å². The maximum absolute atomic E-state index is 12.5. The van der Waals surface area contributed by atoms with E-state index in [0.29, 0.717) is 26.2 Å². The zero-order valence-corrected chi connectivity index (χ0v) is 14.6. The molecule has 2 fully saturated rings. The van der Waals surface area contributed by atoms with E-state index in [1.54, 1.807) is 11.1 Å². The minimum absolute atomic E-state index is 0.195. The van der Waals surface area contributed by atoms with Crippen LogP contribution in [0.15, 0.2) is 36.5 Å². The number of nitrogens with zero attached hydrogens (tertiary/aromatic N) is 3. The summed E-state index contributed by atoms with van der Waals surface area (Å²) in [5.74, 6) is -0.390. The molecule has 0 spiro atoms. The fourth-order valence-corrected chi connectivity index (χ4v) is 3.83. The van der Waals surface area contributed by atoms with Crippen LogP contribution in [0.2, 0.25) is 0 Å². The molecule has 1 aromatic heterocycles. The van der Waals surface area contributed by atoms with Gasteiger partial charge in [0.2, 0.25) is 11.8 Å². The number of rotatable bonds is 3. The van der Waals surface area contributed by atoms with E-state index in [-0.39, 0.29) is 11.8 Å². The van der Waals surface area contributed by atoms with Gasteiger partial charge in [-0.2, -0.15) is 0 Å². The smallest absolute Gasteiger partial charge is 0.248 e. The Balaban J connectivity index is 1.52. The van der Waals surface area contributed by atoms with Crippen molar-refractivity contribution in [1.29, 1.82) is 0 Å². The Morgan fingerprint density at radius 1 is 1.27 bits per heavy atom. The van der Waals surface area contributed by atoms with Gasteiger partial charge < -0.3 is 15.3 Å². The molecule has 2 saturated heterocycles. The van der Waals surface area contributed by atoms with Crippen molar-refractivity contribution in [3.05, 3.63) is 42.1 Å². The van der Waals surface area contributed by atoms with Crippen LogP contribution >= 0.6 is 0 Å². The lowest BCUT2D eigenvalue weighted by atomic mass is 10.0. The predicted octanol–water partition coefficient (Wildman–Crippen LogP) is 0.127. The highest BCUT2D eigenvalue weighted by Gasteiger charge is 2.44. The first-order chi connectivity index (χ1) is 12.5. The lowest BCUT2D eigenvalue weighted by Crippen LogP contribution is -2.70. The molecule has 7 nitrogen and oxygen atoms in total. The summed E-state index contributed by atoms with van der Waals surface area (Å²) in [6.07, 6.45) is 0.884. The van der Waals surface area contributed by atoms with Crippen molar-refractivity contribution in [1.82, 2.24) is 20.1 Å². The van der Waals surface area contributed by atoms with Crippen LogP contribution in [0.4, 0.5) is 0 Å². The summed E-state index contributed by atoms with van der Waals surface area (Å²) in [4.78, 5) is 33.1. The Labute approximate surface area is 151 Å². The van der Waals surface area contributed by atoms with Crippen LogP contribution in [-0.4, -0.2) is 69.5 Å². The molecule has 2 amide bonds. The van der Waals surface area contributed by atoms with Gasteiger partial charge in [-0.1, -0.05) is 18.2 Å². The van der Waals surface area contributed by atoms with E-state index in [1.165, 1.54) is 6.92 Å². The number of pyridine rings is 1. The maximum Gasteiger partial charge on any atom is 0.248 e. The fraction of sp³-hybridized carbons (Fsp3) is 0.421.